The molecule has 1 saturated heterocycles. The Kier molecular flexibility index (Phi) is 6.00. The first-order chi connectivity index (χ1) is 8.13. The molecular formula is C12H24N4O. The number of nitrogens with one attached hydrogen (secondary N) is 3. The van der Waals surface area contributed by atoms with Gasteiger partial charge in [-0.3, -0.25) is 4.79 Å². The topological polar surface area (TPSA) is 79.2 Å². The van der Waals surface area contributed by atoms with Crippen molar-refractivity contribution in [3.8, 4) is 0 Å². The van der Waals surface area contributed by atoms with E-state index in [2.05, 4.69) is 16.0 Å². The molecule has 1 atom stereocenters. The summed E-state index contributed by atoms with van der Waals surface area (Å²) < 4.78 is 0. The van der Waals surface area contributed by atoms with Crippen LogP contribution in [0.4, 0.5) is 0 Å². The van der Waals surface area contributed by atoms with Crippen molar-refractivity contribution in [1.82, 2.24) is 16.0 Å². The fraction of sp³-hybridized carbons (Fsp3) is 0.750. The van der Waals surface area contributed by atoms with Crippen molar-refractivity contribution >= 4 is 5.91 Å². The van der Waals surface area contributed by atoms with Crippen molar-refractivity contribution in [2.24, 2.45) is 11.7 Å². The summed E-state index contributed by atoms with van der Waals surface area (Å²) in [5.74, 6) is 0.173. The number of carbonyl (C=O) groups excluding carboxylic acids is 1. The van der Waals surface area contributed by atoms with Crippen LogP contribution in [-0.2, 0) is 4.79 Å². The Morgan fingerprint density at radius 1 is 1.65 bits per heavy atom. The normalized spacial score (nSPS) is 22.6. The van der Waals surface area contributed by atoms with Crippen molar-refractivity contribution < 1.29 is 4.79 Å². The first-order valence-electron chi connectivity index (χ1n) is 6.27. The molecule has 0 aromatic heterocycles. The van der Waals surface area contributed by atoms with E-state index >= 15 is 0 Å². The van der Waals surface area contributed by atoms with Crippen LogP contribution in [-0.4, -0.2) is 38.1 Å². The van der Waals surface area contributed by atoms with E-state index in [1.807, 2.05) is 19.9 Å². The lowest BCUT2D eigenvalue weighted by Crippen LogP contribution is -2.48. The van der Waals surface area contributed by atoms with Gasteiger partial charge < -0.3 is 21.7 Å². The number of amides is 1. The minimum atomic E-state index is 0.0557. The maximum atomic E-state index is 11.4. The SMILES string of the molecule is CC(C)C(=O)NCCC1CNC/C(=C/CN)N1. The molecule has 0 aliphatic carbocycles. The van der Waals surface area contributed by atoms with Gasteiger partial charge in [0.25, 0.3) is 0 Å². The van der Waals surface area contributed by atoms with E-state index in [1.54, 1.807) is 0 Å². The summed E-state index contributed by atoms with van der Waals surface area (Å²) in [5, 5.41) is 9.68. The minimum Gasteiger partial charge on any atom is -0.383 e. The zero-order chi connectivity index (χ0) is 12.7. The van der Waals surface area contributed by atoms with E-state index in [0.717, 1.165) is 25.2 Å². The average Bonchev–Trinajstić information content (AvgIpc) is 2.29. The zero-order valence-corrected chi connectivity index (χ0v) is 10.8. The van der Waals surface area contributed by atoms with E-state index in [4.69, 9.17) is 5.73 Å². The number of hydrogen-bond acceptors (Lipinski definition) is 4. The summed E-state index contributed by atoms with van der Waals surface area (Å²) in [6.07, 6.45) is 2.92. The van der Waals surface area contributed by atoms with Crippen LogP contribution >= 0.6 is 0 Å². The van der Waals surface area contributed by atoms with Crippen molar-refractivity contribution in [2.45, 2.75) is 26.3 Å². The zero-order valence-electron chi connectivity index (χ0n) is 10.8. The Bertz CT molecular complexity index is 276. The predicted octanol–water partition coefficient (Wildman–Crippen LogP) is -0.447. The quantitative estimate of drug-likeness (QED) is 0.525. The maximum absolute atomic E-state index is 11.4. The smallest absolute Gasteiger partial charge is 0.222 e. The molecule has 5 nitrogen and oxygen atoms in total. The fourth-order valence-corrected chi connectivity index (χ4v) is 1.77. The molecule has 1 unspecified atom stereocenters. The van der Waals surface area contributed by atoms with Gasteiger partial charge in [0.05, 0.1) is 0 Å². The van der Waals surface area contributed by atoms with Crippen LogP contribution in [0.15, 0.2) is 11.8 Å². The number of nitrogens with two attached hydrogens (primary N) is 1. The highest BCUT2D eigenvalue weighted by Crippen LogP contribution is 2.01. The number of carbonyl (C=O) groups is 1. The van der Waals surface area contributed by atoms with Crippen molar-refractivity contribution in [1.29, 1.82) is 0 Å². The molecule has 0 radical (unpaired) electrons. The summed E-state index contributed by atoms with van der Waals surface area (Å²) in [6.45, 7) is 6.86. The van der Waals surface area contributed by atoms with Gasteiger partial charge in [0, 0.05) is 43.8 Å². The molecule has 0 bridgehead atoms. The van der Waals surface area contributed by atoms with Crippen LogP contribution in [0.25, 0.3) is 0 Å². The Morgan fingerprint density at radius 2 is 2.41 bits per heavy atom. The molecular weight excluding hydrogens is 216 g/mol. The highest BCUT2D eigenvalue weighted by Gasteiger charge is 2.15. The predicted molar refractivity (Wildman–Crippen MR) is 69.4 cm³/mol. The first-order valence-corrected chi connectivity index (χ1v) is 6.27. The first kappa shape index (κ1) is 14.0. The van der Waals surface area contributed by atoms with Gasteiger partial charge in [0.15, 0.2) is 0 Å². The van der Waals surface area contributed by atoms with Crippen LogP contribution in [0.3, 0.4) is 0 Å². The molecule has 1 aliphatic rings. The molecule has 1 heterocycles. The lowest BCUT2D eigenvalue weighted by molar-refractivity contribution is -0.123. The maximum Gasteiger partial charge on any atom is 0.222 e. The minimum absolute atomic E-state index is 0.0557. The molecule has 17 heavy (non-hydrogen) atoms. The van der Waals surface area contributed by atoms with Gasteiger partial charge in [-0.2, -0.15) is 0 Å². The molecule has 5 heteroatoms. The summed E-state index contributed by atoms with van der Waals surface area (Å²) in [5.41, 5.74) is 6.63. The molecule has 0 saturated carbocycles. The van der Waals surface area contributed by atoms with Crippen LogP contribution in [0.1, 0.15) is 20.3 Å². The molecule has 1 amide bonds. The molecule has 0 aromatic carbocycles. The Hall–Kier alpha value is -1.07. The number of rotatable bonds is 5. The second kappa shape index (κ2) is 7.29. The van der Waals surface area contributed by atoms with E-state index < -0.39 is 0 Å². The molecule has 1 fully saturated rings. The van der Waals surface area contributed by atoms with Gasteiger partial charge in [0.1, 0.15) is 0 Å². The van der Waals surface area contributed by atoms with Gasteiger partial charge in [-0.25, -0.2) is 0 Å². The largest absolute Gasteiger partial charge is 0.383 e. The Balaban J connectivity index is 2.23. The van der Waals surface area contributed by atoms with E-state index in [0.29, 0.717) is 19.1 Å². The van der Waals surface area contributed by atoms with Gasteiger partial charge >= 0.3 is 0 Å². The average molecular weight is 240 g/mol. The Labute approximate surface area is 103 Å². The number of hydrogen-bond donors (Lipinski definition) is 4. The summed E-state index contributed by atoms with van der Waals surface area (Å²) >= 11 is 0. The summed E-state index contributed by atoms with van der Waals surface area (Å²) in [7, 11) is 0. The van der Waals surface area contributed by atoms with Crippen molar-refractivity contribution in [2.75, 3.05) is 26.2 Å². The van der Waals surface area contributed by atoms with E-state index in [9.17, 15) is 4.79 Å². The highest BCUT2D eigenvalue weighted by molar-refractivity contribution is 5.77. The Morgan fingerprint density at radius 3 is 3.06 bits per heavy atom. The lowest BCUT2D eigenvalue weighted by Gasteiger charge is -2.28. The summed E-state index contributed by atoms with van der Waals surface area (Å²) in [6, 6.07) is 0.369. The van der Waals surface area contributed by atoms with Crippen LogP contribution in [0.5, 0.6) is 0 Å². The number of piperazine rings is 1. The third kappa shape index (κ3) is 5.19. The van der Waals surface area contributed by atoms with Crippen LogP contribution in [0.2, 0.25) is 0 Å². The molecule has 98 valence electrons. The van der Waals surface area contributed by atoms with Gasteiger partial charge in [0.2, 0.25) is 5.91 Å². The lowest BCUT2D eigenvalue weighted by atomic mass is 10.1. The molecule has 0 spiro atoms. The molecule has 0 aromatic rings. The molecule has 5 N–H and O–H groups in total. The third-order valence-electron chi connectivity index (χ3n) is 2.78. The van der Waals surface area contributed by atoms with Gasteiger partial charge in [-0.1, -0.05) is 19.9 Å². The molecule has 1 aliphatic heterocycles. The third-order valence-corrected chi connectivity index (χ3v) is 2.78. The van der Waals surface area contributed by atoms with Gasteiger partial charge in [-0.05, 0) is 6.42 Å². The molecule has 1 rings (SSSR count). The van der Waals surface area contributed by atoms with Crippen LogP contribution in [0, 0.1) is 5.92 Å². The van der Waals surface area contributed by atoms with Crippen LogP contribution < -0.4 is 21.7 Å². The second-order valence-electron chi connectivity index (χ2n) is 4.67. The standard InChI is InChI=1S/C12H24N4O/c1-9(2)12(17)15-6-4-11-8-14-7-10(16-11)3-5-13/h3,9,11,14,16H,4-8,13H2,1-2H3,(H,15,17)/b10-3-. The fourth-order valence-electron chi connectivity index (χ4n) is 1.77. The van der Waals surface area contributed by atoms with Crippen molar-refractivity contribution in [3.05, 3.63) is 11.8 Å². The van der Waals surface area contributed by atoms with E-state index in [1.165, 1.54) is 0 Å². The monoisotopic (exact) mass is 240 g/mol. The van der Waals surface area contributed by atoms with Crippen molar-refractivity contribution in [3.63, 3.8) is 0 Å². The van der Waals surface area contributed by atoms with Gasteiger partial charge in [-0.15, -0.1) is 0 Å². The highest BCUT2D eigenvalue weighted by atomic mass is 16.1. The summed E-state index contributed by atoms with van der Waals surface area (Å²) in [4.78, 5) is 11.4. The van der Waals surface area contributed by atoms with E-state index in [-0.39, 0.29) is 11.8 Å². The second-order valence-corrected chi connectivity index (χ2v) is 4.67.